The molecule has 0 aromatic heterocycles. The standard InChI is InChI=1S/2C23H40O/c2*1-19(2)11-7-12-20(3)13-8-14-21(4)15-9-16-22(5)17-10-18-23(6)24/h2*11,13,15,17,23-24H,7-10,12,14,16,18H2,1-6H3. The zero-order chi connectivity index (χ0) is 36.7. The summed E-state index contributed by atoms with van der Waals surface area (Å²) in [6, 6.07) is 0. The van der Waals surface area contributed by atoms with Crippen LogP contribution in [0.3, 0.4) is 0 Å². The summed E-state index contributed by atoms with van der Waals surface area (Å²) in [6.45, 7) is 25.8. The molecule has 276 valence electrons. The van der Waals surface area contributed by atoms with E-state index in [1.165, 1.54) is 83.1 Å². The minimum Gasteiger partial charge on any atom is -0.393 e. The molecule has 0 fully saturated rings. The molecule has 0 saturated carbocycles. The second-order valence-corrected chi connectivity index (χ2v) is 15.0. The maximum Gasteiger partial charge on any atom is 0.0515 e. The molecule has 0 heterocycles. The first-order valence-corrected chi connectivity index (χ1v) is 19.2. The van der Waals surface area contributed by atoms with E-state index in [9.17, 15) is 10.2 Å². The molecule has 0 spiro atoms. The van der Waals surface area contributed by atoms with Gasteiger partial charge in [0.05, 0.1) is 12.2 Å². The number of allylic oxidation sites excluding steroid dienone is 16. The van der Waals surface area contributed by atoms with Gasteiger partial charge in [0.2, 0.25) is 0 Å². The Hall–Kier alpha value is -2.16. The van der Waals surface area contributed by atoms with E-state index in [4.69, 9.17) is 0 Å². The molecule has 0 aliphatic rings. The van der Waals surface area contributed by atoms with E-state index in [0.717, 1.165) is 64.2 Å². The topological polar surface area (TPSA) is 40.5 Å². The van der Waals surface area contributed by atoms with Crippen molar-refractivity contribution >= 4 is 0 Å². The Morgan fingerprint density at radius 1 is 0.333 bits per heavy atom. The maximum atomic E-state index is 9.26. The van der Waals surface area contributed by atoms with E-state index in [2.05, 4.69) is 118 Å². The number of hydrogen-bond acceptors (Lipinski definition) is 2. The van der Waals surface area contributed by atoms with E-state index in [1.807, 2.05) is 13.8 Å². The molecule has 0 amide bonds. The summed E-state index contributed by atoms with van der Waals surface area (Å²) in [7, 11) is 0. The normalized spacial score (nSPS) is 14.7. The van der Waals surface area contributed by atoms with Crippen molar-refractivity contribution in [3.8, 4) is 0 Å². The molecule has 2 N–H and O–H groups in total. The van der Waals surface area contributed by atoms with Crippen LogP contribution in [0, 0.1) is 0 Å². The lowest BCUT2D eigenvalue weighted by Gasteiger charge is -2.03. The Morgan fingerprint density at radius 3 is 0.708 bits per heavy atom. The van der Waals surface area contributed by atoms with Crippen molar-refractivity contribution in [2.75, 3.05) is 0 Å². The van der Waals surface area contributed by atoms with Gasteiger partial charge in [-0.25, -0.2) is 0 Å². The molecular formula is C46H80O2. The van der Waals surface area contributed by atoms with Crippen LogP contribution in [0.15, 0.2) is 93.2 Å². The van der Waals surface area contributed by atoms with Gasteiger partial charge in [-0.15, -0.1) is 0 Å². The van der Waals surface area contributed by atoms with Crippen LogP contribution < -0.4 is 0 Å². The molecule has 0 aliphatic heterocycles. The largest absolute Gasteiger partial charge is 0.393 e. The van der Waals surface area contributed by atoms with Crippen LogP contribution in [0.1, 0.15) is 186 Å². The summed E-state index contributed by atoms with van der Waals surface area (Å²) < 4.78 is 0. The maximum absolute atomic E-state index is 9.26. The highest BCUT2D eigenvalue weighted by Gasteiger charge is 1.97. The van der Waals surface area contributed by atoms with Crippen molar-refractivity contribution in [3.63, 3.8) is 0 Å². The minimum absolute atomic E-state index is 0.185. The van der Waals surface area contributed by atoms with Gasteiger partial charge in [-0.05, 0) is 186 Å². The van der Waals surface area contributed by atoms with Gasteiger partial charge in [0.25, 0.3) is 0 Å². The van der Waals surface area contributed by atoms with Crippen molar-refractivity contribution in [3.05, 3.63) is 93.2 Å². The van der Waals surface area contributed by atoms with E-state index in [1.54, 1.807) is 0 Å². The number of aliphatic hydroxyl groups is 2. The molecule has 0 saturated heterocycles. The van der Waals surface area contributed by atoms with Crippen LogP contribution in [0.4, 0.5) is 0 Å². The molecule has 0 aromatic rings. The fourth-order valence-corrected chi connectivity index (χ4v) is 5.12. The Kier molecular flexibility index (Phi) is 32.0. The molecule has 0 aliphatic carbocycles. The molecular weight excluding hydrogens is 585 g/mol. The highest BCUT2D eigenvalue weighted by atomic mass is 16.3. The molecule has 2 unspecified atom stereocenters. The van der Waals surface area contributed by atoms with Gasteiger partial charge in [0.1, 0.15) is 0 Å². The van der Waals surface area contributed by atoms with Crippen LogP contribution in [0.5, 0.6) is 0 Å². The lowest BCUT2D eigenvalue weighted by molar-refractivity contribution is 0.185. The second-order valence-electron chi connectivity index (χ2n) is 15.0. The molecule has 0 radical (unpaired) electrons. The highest BCUT2D eigenvalue weighted by molar-refractivity contribution is 5.08. The zero-order valence-corrected chi connectivity index (χ0v) is 34.0. The first-order chi connectivity index (χ1) is 22.6. The average molecular weight is 665 g/mol. The summed E-state index contributed by atoms with van der Waals surface area (Å²) in [5.74, 6) is 0. The molecule has 48 heavy (non-hydrogen) atoms. The Morgan fingerprint density at radius 2 is 0.521 bits per heavy atom. The molecule has 2 nitrogen and oxygen atoms in total. The van der Waals surface area contributed by atoms with Gasteiger partial charge in [0.15, 0.2) is 0 Å². The third kappa shape index (κ3) is 38.3. The third-order valence-electron chi connectivity index (χ3n) is 8.46. The molecule has 0 rings (SSSR count). The van der Waals surface area contributed by atoms with E-state index >= 15 is 0 Å². The van der Waals surface area contributed by atoms with Crippen molar-refractivity contribution in [1.82, 2.24) is 0 Å². The van der Waals surface area contributed by atoms with Gasteiger partial charge in [-0.1, -0.05) is 93.2 Å². The Balaban J connectivity index is 0. The predicted octanol–water partition coefficient (Wildman–Crippen LogP) is 14.6. The van der Waals surface area contributed by atoms with Crippen LogP contribution >= 0.6 is 0 Å². The summed E-state index contributed by atoms with van der Waals surface area (Å²) in [4.78, 5) is 0. The van der Waals surface area contributed by atoms with Crippen LogP contribution in [-0.2, 0) is 0 Å². The van der Waals surface area contributed by atoms with E-state index < -0.39 is 0 Å². The lowest BCUT2D eigenvalue weighted by Crippen LogP contribution is -1.97. The fourth-order valence-electron chi connectivity index (χ4n) is 5.12. The van der Waals surface area contributed by atoms with Crippen molar-refractivity contribution in [2.45, 2.75) is 198 Å². The molecule has 0 aromatic carbocycles. The third-order valence-corrected chi connectivity index (χ3v) is 8.46. The monoisotopic (exact) mass is 665 g/mol. The summed E-state index contributed by atoms with van der Waals surface area (Å²) in [5.41, 5.74) is 11.7. The smallest absolute Gasteiger partial charge is 0.0515 e. The van der Waals surface area contributed by atoms with Gasteiger partial charge < -0.3 is 10.2 Å². The van der Waals surface area contributed by atoms with Gasteiger partial charge in [-0.3, -0.25) is 0 Å². The van der Waals surface area contributed by atoms with Crippen LogP contribution in [0.25, 0.3) is 0 Å². The van der Waals surface area contributed by atoms with Crippen molar-refractivity contribution < 1.29 is 10.2 Å². The molecule has 0 bridgehead atoms. The van der Waals surface area contributed by atoms with Gasteiger partial charge >= 0.3 is 0 Å². The minimum atomic E-state index is -0.185. The SMILES string of the molecule is CC(C)=CCCC(C)=CCCC(C)=CCCC(C)=CCCC(C)O.CC(C)=CCCC(C)=CCCC(C)=CCCC(C)=CCCC(C)O. The fraction of sp³-hybridized carbons (Fsp3) is 0.652. The summed E-state index contributed by atoms with van der Waals surface area (Å²) in [6.07, 6.45) is 36.0. The Labute approximate surface area is 300 Å². The van der Waals surface area contributed by atoms with E-state index in [0.29, 0.717) is 0 Å². The summed E-state index contributed by atoms with van der Waals surface area (Å²) in [5, 5.41) is 18.5. The number of aliphatic hydroxyl groups excluding tert-OH is 2. The van der Waals surface area contributed by atoms with Crippen LogP contribution in [-0.4, -0.2) is 22.4 Å². The second kappa shape index (κ2) is 32.1. The van der Waals surface area contributed by atoms with Crippen molar-refractivity contribution in [1.29, 1.82) is 0 Å². The quantitative estimate of drug-likeness (QED) is 0.101. The molecule has 2 heteroatoms. The Bertz CT molecular complexity index is 971. The predicted molar refractivity (Wildman–Crippen MR) is 219 cm³/mol. The summed E-state index contributed by atoms with van der Waals surface area (Å²) >= 11 is 0. The lowest BCUT2D eigenvalue weighted by atomic mass is 10.0. The number of hydrogen-bond donors (Lipinski definition) is 2. The van der Waals surface area contributed by atoms with E-state index in [-0.39, 0.29) is 12.2 Å². The first-order valence-electron chi connectivity index (χ1n) is 19.2. The molecule has 2 atom stereocenters. The first kappa shape index (κ1) is 48.0. The number of rotatable bonds is 24. The van der Waals surface area contributed by atoms with Crippen LogP contribution in [0.2, 0.25) is 0 Å². The average Bonchev–Trinajstić information content (AvgIpc) is 2.96. The van der Waals surface area contributed by atoms with Gasteiger partial charge in [0, 0.05) is 0 Å². The van der Waals surface area contributed by atoms with Crippen molar-refractivity contribution in [2.24, 2.45) is 0 Å². The highest BCUT2D eigenvalue weighted by Crippen LogP contribution is 2.16. The zero-order valence-electron chi connectivity index (χ0n) is 34.0. The van der Waals surface area contributed by atoms with Gasteiger partial charge in [-0.2, -0.15) is 0 Å².